The van der Waals surface area contributed by atoms with Gasteiger partial charge >= 0.3 is 6.09 Å². The van der Waals surface area contributed by atoms with E-state index in [4.69, 9.17) is 9.73 Å². The van der Waals surface area contributed by atoms with E-state index >= 15 is 0 Å². The van der Waals surface area contributed by atoms with Crippen molar-refractivity contribution in [1.29, 1.82) is 0 Å². The number of hydrogen-bond donors (Lipinski definition) is 2. The molecule has 30 heavy (non-hydrogen) atoms. The standard InChI is InChI=1S/C23H39N5O2/c1-5-24-22(26-21-13-16-28(17-14-21)23(29)30-6-2)25-15-12-19(3)27(4)18-20-10-8-7-9-11-20/h7-11,19,21H,5-6,12-18H2,1-4H3,(H2,24,25,26). The Balaban J connectivity index is 1.76. The fourth-order valence-electron chi connectivity index (χ4n) is 3.55. The number of aliphatic imine (C=N–C) groups is 1. The number of rotatable bonds is 9. The topological polar surface area (TPSA) is 69.2 Å². The lowest BCUT2D eigenvalue weighted by Gasteiger charge is -2.32. The van der Waals surface area contributed by atoms with Gasteiger partial charge in [0.05, 0.1) is 6.61 Å². The highest BCUT2D eigenvalue weighted by Crippen LogP contribution is 2.12. The lowest BCUT2D eigenvalue weighted by Crippen LogP contribution is -2.50. The summed E-state index contributed by atoms with van der Waals surface area (Å²) in [5, 5.41) is 6.88. The largest absolute Gasteiger partial charge is 0.450 e. The summed E-state index contributed by atoms with van der Waals surface area (Å²) in [6.45, 7) is 10.6. The number of amides is 1. The quantitative estimate of drug-likeness (QED) is 0.477. The van der Waals surface area contributed by atoms with Gasteiger partial charge in [-0.05, 0) is 52.6 Å². The number of piperidine rings is 1. The first-order chi connectivity index (χ1) is 14.5. The first-order valence-corrected chi connectivity index (χ1v) is 11.2. The van der Waals surface area contributed by atoms with Crippen LogP contribution in [0, 0.1) is 0 Å². The SMILES string of the molecule is CCNC(=NCCC(C)N(C)Cc1ccccc1)NC1CCN(C(=O)OCC)CC1. The Morgan fingerprint density at radius 3 is 2.60 bits per heavy atom. The minimum Gasteiger partial charge on any atom is -0.450 e. The molecule has 1 unspecified atom stereocenters. The molecule has 1 amide bonds. The lowest BCUT2D eigenvalue weighted by molar-refractivity contribution is 0.0963. The summed E-state index contributed by atoms with van der Waals surface area (Å²) in [7, 11) is 2.17. The van der Waals surface area contributed by atoms with Crippen molar-refractivity contribution in [2.45, 2.75) is 58.7 Å². The zero-order valence-corrected chi connectivity index (χ0v) is 19.1. The molecule has 7 heteroatoms. The normalized spacial score (nSPS) is 16.4. The highest BCUT2D eigenvalue weighted by molar-refractivity contribution is 5.80. The predicted octanol–water partition coefficient (Wildman–Crippen LogP) is 3.07. The molecule has 2 rings (SSSR count). The second-order valence-electron chi connectivity index (χ2n) is 7.90. The van der Waals surface area contributed by atoms with E-state index in [0.29, 0.717) is 18.7 Å². The molecule has 1 aliphatic rings. The molecular weight excluding hydrogens is 378 g/mol. The second-order valence-corrected chi connectivity index (χ2v) is 7.90. The molecule has 168 valence electrons. The van der Waals surface area contributed by atoms with Gasteiger partial charge in [0.25, 0.3) is 0 Å². The van der Waals surface area contributed by atoms with Crippen molar-refractivity contribution < 1.29 is 9.53 Å². The first-order valence-electron chi connectivity index (χ1n) is 11.2. The molecule has 0 saturated carbocycles. The number of hydrogen-bond acceptors (Lipinski definition) is 4. The first kappa shape index (κ1) is 24.0. The third-order valence-corrected chi connectivity index (χ3v) is 5.55. The molecule has 1 heterocycles. The average Bonchev–Trinajstić information content (AvgIpc) is 2.75. The van der Waals surface area contributed by atoms with E-state index in [1.807, 2.05) is 6.92 Å². The number of guanidine groups is 1. The third-order valence-electron chi connectivity index (χ3n) is 5.55. The summed E-state index contributed by atoms with van der Waals surface area (Å²) in [5.41, 5.74) is 1.33. The van der Waals surface area contributed by atoms with Gasteiger partial charge in [-0.15, -0.1) is 0 Å². The molecule has 1 saturated heterocycles. The summed E-state index contributed by atoms with van der Waals surface area (Å²) in [4.78, 5) is 20.8. The molecule has 1 fully saturated rings. The molecule has 0 aromatic heterocycles. The summed E-state index contributed by atoms with van der Waals surface area (Å²) >= 11 is 0. The Hall–Kier alpha value is -2.28. The molecule has 1 atom stereocenters. The van der Waals surface area contributed by atoms with Crippen LogP contribution in [0.2, 0.25) is 0 Å². The van der Waals surface area contributed by atoms with Crippen LogP contribution in [-0.2, 0) is 11.3 Å². The van der Waals surface area contributed by atoms with Crippen LogP contribution in [0.4, 0.5) is 4.79 Å². The number of nitrogens with zero attached hydrogens (tertiary/aromatic N) is 3. The van der Waals surface area contributed by atoms with E-state index in [0.717, 1.165) is 57.9 Å². The number of likely N-dealkylation sites (tertiary alicyclic amines) is 1. The van der Waals surface area contributed by atoms with Crippen molar-refractivity contribution in [2.24, 2.45) is 4.99 Å². The van der Waals surface area contributed by atoms with Gasteiger partial charge in [-0.3, -0.25) is 9.89 Å². The van der Waals surface area contributed by atoms with Crippen LogP contribution in [0.3, 0.4) is 0 Å². The molecule has 0 spiro atoms. The van der Waals surface area contributed by atoms with Gasteiger partial charge in [0.1, 0.15) is 0 Å². The Labute approximate surface area is 181 Å². The van der Waals surface area contributed by atoms with Gasteiger partial charge in [-0.1, -0.05) is 30.3 Å². The van der Waals surface area contributed by atoms with Gasteiger partial charge in [0.2, 0.25) is 0 Å². The zero-order chi connectivity index (χ0) is 21.8. The maximum absolute atomic E-state index is 11.8. The maximum atomic E-state index is 11.8. The molecule has 1 aromatic carbocycles. The van der Waals surface area contributed by atoms with E-state index in [2.05, 4.69) is 66.8 Å². The zero-order valence-electron chi connectivity index (χ0n) is 19.1. The van der Waals surface area contributed by atoms with E-state index < -0.39 is 0 Å². The second kappa shape index (κ2) is 13.1. The Morgan fingerprint density at radius 1 is 1.27 bits per heavy atom. The van der Waals surface area contributed by atoms with Crippen molar-refractivity contribution in [2.75, 3.05) is 39.8 Å². The smallest absolute Gasteiger partial charge is 0.409 e. The summed E-state index contributed by atoms with van der Waals surface area (Å²) < 4.78 is 5.09. The van der Waals surface area contributed by atoms with E-state index in [1.54, 1.807) is 4.90 Å². The minimum atomic E-state index is -0.204. The summed E-state index contributed by atoms with van der Waals surface area (Å²) in [5.74, 6) is 0.866. The maximum Gasteiger partial charge on any atom is 0.409 e. The molecule has 0 radical (unpaired) electrons. The monoisotopic (exact) mass is 417 g/mol. The van der Waals surface area contributed by atoms with Crippen LogP contribution in [0.15, 0.2) is 35.3 Å². The minimum absolute atomic E-state index is 0.204. The fraction of sp³-hybridized carbons (Fsp3) is 0.652. The van der Waals surface area contributed by atoms with Crippen molar-refractivity contribution in [3.05, 3.63) is 35.9 Å². The number of carbonyl (C=O) groups excluding carboxylic acids is 1. The highest BCUT2D eigenvalue weighted by Gasteiger charge is 2.24. The molecule has 2 N–H and O–H groups in total. The Kier molecular flexibility index (Phi) is 10.5. The van der Waals surface area contributed by atoms with Crippen molar-refractivity contribution in [3.8, 4) is 0 Å². The molecule has 1 aliphatic heterocycles. The Bertz CT molecular complexity index is 644. The number of carbonyl (C=O) groups is 1. The van der Waals surface area contributed by atoms with Crippen LogP contribution in [0.25, 0.3) is 0 Å². The number of ether oxygens (including phenoxy) is 1. The van der Waals surface area contributed by atoms with Crippen LogP contribution in [-0.4, -0.2) is 73.8 Å². The molecule has 0 bridgehead atoms. The van der Waals surface area contributed by atoms with E-state index in [-0.39, 0.29) is 6.09 Å². The van der Waals surface area contributed by atoms with E-state index in [9.17, 15) is 4.79 Å². The van der Waals surface area contributed by atoms with Gasteiger partial charge in [-0.2, -0.15) is 0 Å². The van der Waals surface area contributed by atoms with Gasteiger partial charge in [0.15, 0.2) is 5.96 Å². The fourth-order valence-corrected chi connectivity index (χ4v) is 3.55. The van der Waals surface area contributed by atoms with Crippen LogP contribution in [0.5, 0.6) is 0 Å². The highest BCUT2D eigenvalue weighted by atomic mass is 16.6. The van der Waals surface area contributed by atoms with Gasteiger partial charge in [0, 0.05) is 44.8 Å². The van der Waals surface area contributed by atoms with Gasteiger partial charge in [-0.25, -0.2) is 4.79 Å². The van der Waals surface area contributed by atoms with Gasteiger partial charge < -0.3 is 20.3 Å². The molecule has 1 aromatic rings. The predicted molar refractivity (Wildman–Crippen MR) is 123 cm³/mol. The molecule has 7 nitrogen and oxygen atoms in total. The molecule has 0 aliphatic carbocycles. The average molecular weight is 418 g/mol. The van der Waals surface area contributed by atoms with Crippen LogP contribution >= 0.6 is 0 Å². The summed E-state index contributed by atoms with van der Waals surface area (Å²) in [6.07, 6.45) is 2.60. The van der Waals surface area contributed by atoms with Crippen molar-refractivity contribution in [1.82, 2.24) is 20.4 Å². The lowest BCUT2D eigenvalue weighted by atomic mass is 10.1. The molecular formula is C23H39N5O2. The van der Waals surface area contributed by atoms with Crippen molar-refractivity contribution >= 4 is 12.1 Å². The summed E-state index contributed by atoms with van der Waals surface area (Å²) in [6, 6.07) is 11.3. The Morgan fingerprint density at radius 2 is 1.97 bits per heavy atom. The van der Waals surface area contributed by atoms with Crippen molar-refractivity contribution in [3.63, 3.8) is 0 Å². The van der Waals surface area contributed by atoms with E-state index in [1.165, 1.54) is 5.56 Å². The van der Waals surface area contributed by atoms with Crippen LogP contribution in [0.1, 0.15) is 45.6 Å². The third kappa shape index (κ3) is 8.22. The number of benzene rings is 1. The number of nitrogens with one attached hydrogen (secondary N) is 2. The van der Waals surface area contributed by atoms with Crippen LogP contribution < -0.4 is 10.6 Å².